The summed E-state index contributed by atoms with van der Waals surface area (Å²) in [7, 11) is 0. The van der Waals surface area contributed by atoms with Gasteiger partial charge in [0.2, 0.25) is 0 Å². The van der Waals surface area contributed by atoms with Crippen LogP contribution in [0.5, 0.6) is 0 Å². The van der Waals surface area contributed by atoms with Crippen LogP contribution in [-0.2, 0) is 0 Å². The number of benzene rings is 2. The van der Waals surface area contributed by atoms with E-state index >= 15 is 0 Å². The summed E-state index contributed by atoms with van der Waals surface area (Å²) in [6, 6.07) is 14.4. The Balaban J connectivity index is 2.16. The Hall–Kier alpha value is -1.87. The first-order chi connectivity index (χ1) is 9.10. The van der Waals surface area contributed by atoms with E-state index in [9.17, 15) is 4.79 Å². The number of anilines is 1. The van der Waals surface area contributed by atoms with E-state index in [-0.39, 0.29) is 5.91 Å². The molecule has 0 bridgehead atoms. The summed E-state index contributed by atoms with van der Waals surface area (Å²) >= 11 is 2.21. The predicted octanol–water partition coefficient (Wildman–Crippen LogP) is 3.72. The van der Waals surface area contributed by atoms with Crippen molar-refractivity contribution in [2.24, 2.45) is 0 Å². The molecular formula is C15H11IN2O. The van der Waals surface area contributed by atoms with E-state index in [0.717, 1.165) is 9.13 Å². The van der Waals surface area contributed by atoms with Crippen LogP contribution >= 0.6 is 22.6 Å². The number of amides is 1. The summed E-state index contributed by atoms with van der Waals surface area (Å²) in [6.07, 6.45) is 0. The number of rotatable bonds is 2. The van der Waals surface area contributed by atoms with Gasteiger partial charge in [0, 0.05) is 14.8 Å². The Morgan fingerprint density at radius 2 is 1.89 bits per heavy atom. The molecule has 1 N–H and O–H groups in total. The van der Waals surface area contributed by atoms with Crippen LogP contribution in [0.2, 0.25) is 0 Å². The average Bonchev–Trinajstić information content (AvgIpc) is 2.42. The minimum absolute atomic E-state index is 0.150. The fourth-order valence-electron chi connectivity index (χ4n) is 1.57. The van der Waals surface area contributed by atoms with Crippen molar-refractivity contribution in [1.82, 2.24) is 0 Å². The van der Waals surface area contributed by atoms with Crippen LogP contribution in [0, 0.1) is 21.8 Å². The molecule has 0 saturated carbocycles. The lowest BCUT2D eigenvalue weighted by Crippen LogP contribution is -2.12. The van der Waals surface area contributed by atoms with Gasteiger partial charge in [-0.3, -0.25) is 4.79 Å². The summed E-state index contributed by atoms with van der Waals surface area (Å²) in [5.41, 5.74) is 3.03. The highest BCUT2D eigenvalue weighted by molar-refractivity contribution is 14.1. The molecule has 0 heterocycles. The Labute approximate surface area is 125 Å². The van der Waals surface area contributed by atoms with Crippen molar-refractivity contribution in [3.63, 3.8) is 0 Å². The molecule has 0 aliphatic rings. The quantitative estimate of drug-likeness (QED) is 0.828. The molecule has 0 aliphatic carbocycles. The van der Waals surface area contributed by atoms with E-state index in [4.69, 9.17) is 5.26 Å². The van der Waals surface area contributed by atoms with Crippen LogP contribution in [0.1, 0.15) is 21.5 Å². The Morgan fingerprint density at radius 1 is 1.21 bits per heavy atom. The summed E-state index contributed by atoms with van der Waals surface area (Å²) in [5, 5.41) is 11.5. The first-order valence-electron chi connectivity index (χ1n) is 5.68. The smallest absolute Gasteiger partial charge is 0.255 e. The molecule has 2 aromatic rings. The van der Waals surface area contributed by atoms with Crippen LogP contribution in [0.25, 0.3) is 0 Å². The largest absolute Gasteiger partial charge is 0.322 e. The molecule has 0 unspecified atom stereocenters. The lowest BCUT2D eigenvalue weighted by molar-refractivity contribution is 0.102. The normalized spacial score (nSPS) is 9.74. The molecule has 0 atom stereocenters. The summed E-state index contributed by atoms with van der Waals surface area (Å²) in [5.74, 6) is -0.150. The third-order valence-electron chi connectivity index (χ3n) is 2.71. The van der Waals surface area contributed by atoms with Gasteiger partial charge in [-0.05, 0) is 71.5 Å². The van der Waals surface area contributed by atoms with Gasteiger partial charge in [-0.1, -0.05) is 6.07 Å². The summed E-state index contributed by atoms with van der Waals surface area (Å²) < 4.78 is 1.06. The van der Waals surface area contributed by atoms with Gasteiger partial charge < -0.3 is 5.32 Å². The van der Waals surface area contributed by atoms with Crippen LogP contribution in [-0.4, -0.2) is 5.91 Å². The number of hydrogen-bond donors (Lipinski definition) is 1. The lowest BCUT2D eigenvalue weighted by Gasteiger charge is -2.06. The standard InChI is InChI=1S/C15H11IN2O/c1-10-2-5-12(8-14(10)16)15(19)18-13-6-3-11(9-17)4-7-13/h2-8H,1H3,(H,18,19). The molecule has 3 nitrogen and oxygen atoms in total. The molecule has 2 rings (SSSR count). The second-order valence-corrected chi connectivity index (χ2v) is 5.27. The first kappa shape index (κ1) is 13.6. The first-order valence-corrected chi connectivity index (χ1v) is 6.75. The molecular weight excluding hydrogens is 351 g/mol. The average molecular weight is 362 g/mol. The van der Waals surface area contributed by atoms with Gasteiger partial charge in [-0.15, -0.1) is 0 Å². The van der Waals surface area contributed by atoms with Gasteiger partial charge in [-0.25, -0.2) is 0 Å². The maximum atomic E-state index is 12.1. The Morgan fingerprint density at radius 3 is 2.47 bits per heavy atom. The van der Waals surface area contributed by atoms with E-state index < -0.39 is 0 Å². The maximum Gasteiger partial charge on any atom is 0.255 e. The van der Waals surface area contributed by atoms with Gasteiger partial charge in [0.15, 0.2) is 0 Å². The highest BCUT2D eigenvalue weighted by Gasteiger charge is 2.07. The fraction of sp³-hybridized carbons (Fsp3) is 0.0667. The third-order valence-corrected chi connectivity index (χ3v) is 3.87. The van der Waals surface area contributed by atoms with Crippen molar-refractivity contribution in [1.29, 1.82) is 5.26 Å². The van der Waals surface area contributed by atoms with Crippen molar-refractivity contribution < 1.29 is 4.79 Å². The SMILES string of the molecule is Cc1ccc(C(=O)Nc2ccc(C#N)cc2)cc1I. The second kappa shape index (κ2) is 5.85. The van der Waals surface area contributed by atoms with E-state index in [1.807, 2.05) is 25.1 Å². The minimum atomic E-state index is -0.150. The van der Waals surface area contributed by atoms with Crippen molar-refractivity contribution in [2.45, 2.75) is 6.92 Å². The topological polar surface area (TPSA) is 52.9 Å². The van der Waals surface area contributed by atoms with E-state index in [0.29, 0.717) is 16.8 Å². The van der Waals surface area contributed by atoms with Crippen LogP contribution in [0.3, 0.4) is 0 Å². The number of aryl methyl sites for hydroxylation is 1. The van der Waals surface area contributed by atoms with Crippen molar-refractivity contribution in [2.75, 3.05) is 5.32 Å². The molecule has 1 amide bonds. The number of nitriles is 1. The van der Waals surface area contributed by atoms with E-state index in [1.165, 1.54) is 0 Å². The number of nitrogens with zero attached hydrogens (tertiary/aromatic N) is 1. The van der Waals surface area contributed by atoms with Gasteiger partial charge in [0.05, 0.1) is 11.6 Å². The molecule has 0 aromatic heterocycles. The minimum Gasteiger partial charge on any atom is -0.322 e. The Bertz CT molecular complexity index is 657. The van der Waals surface area contributed by atoms with Gasteiger partial charge >= 0.3 is 0 Å². The number of nitrogens with one attached hydrogen (secondary N) is 1. The lowest BCUT2D eigenvalue weighted by atomic mass is 10.1. The fourth-order valence-corrected chi connectivity index (χ4v) is 2.08. The molecule has 0 aliphatic heterocycles. The molecule has 2 aromatic carbocycles. The Kier molecular flexibility index (Phi) is 4.17. The van der Waals surface area contributed by atoms with E-state index in [2.05, 4.69) is 27.9 Å². The van der Waals surface area contributed by atoms with Crippen LogP contribution in [0.15, 0.2) is 42.5 Å². The number of carbonyl (C=O) groups excluding carboxylic acids is 1. The maximum absolute atomic E-state index is 12.1. The van der Waals surface area contributed by atoms with Crippen LogP contribution in [0.4, 0.5) is 5.69 Å². The molecule has 0 fully saturated rings. The highest BCUT2D eigenvalue weighted by Crippen LogP contribution is 2.15. The highest BCUT2D eigenvalue weighted by atomic mass is 127. The van der Waals surface area contributed by atoms with Crippen molar-refractivity contribution in [3.05, 3.63) is 62.7 Å². The predicted molar refractivity (Wildman–Crippen MR) is 83.0 cm³/mol. The van der Waals surface area contributed by atoms with E-state index in [1.54, 1.807) is 30.3 Å². The number of carbonyl (C=O) groups is 1. The van der Waals surface area contributed by atoms with Gasteiger partial charge in [-0.2, -0.15) is 5.26 Å². The van der Waals surface area contributed by atoms with Crippen LogP contribution < -0.4 is 5.32 Å². The van der Waals surface area contributed by atoms with Gasteiger partial charge in [0.1, 0.15) is 0 Å². The molecule has 0 radical (unpaired) electrons. The van der Waals surface area contributed by atoms with Gasteiger partial charge in [0.25, 0.3) is 5.91 Å². The molecule has 4 heteroatoms. The third kappa shape index (κ3) is 3.32. The monoisotopic (exact) mass is 362 g/mol. The van der Waals surface area contributed by atoms with Crippen molar-refractivity contribution in [3.8, 4) is 6.07 Å². The molecule has 0 saturated heterocycles. The molecule has 94 valence electrons. The molecule has 19 heavy (non-hydrogen) atoms. The van der Waals surface area contributed by atoms with Crippen molar-refractivity contribution >= 4 is 34.2 Å². The summed E-state index contributed by atoms with van der Waals surface area (Å²) in [4.78, 5) is 12.1. The summed E-state index contributed by atoms with van der Waals surface area (Å²) in [6.45, 7) is 2.00. The second-order valence-electron chi connectivity index (χ2n) is 4.11. The molecule has 0 spiro atoms. The zero-order chi connectivity index (χ0) is 13.8. The number of halogens is 1. The number of hydrogen-bond acceptors (Lipinski definition) is 2. The zero-order valence-electron chi connectivity index (χ0n) is 10.3. The zero-order valence-corrected chi connectivity index (χ0v) is 12.4.